The first-order valence-corrected chi connectivity index (χ1v) is 15.6. The average molecular weight is 575 g/mol. The molecule has 1 aliphatic rings. The van der Waals surface area contributed by atoms with Gasteiger partial charge in [-0.3, -0.25) is 0 Å². The molecule has 0 saturated heterocycles. The molecule has 2 nitrogen and oxygen atoms in total. The molecule has 0 amide bonds. The second kappa shape index (κ2) is 9.70. The summed E-state index contributed by atoms with van der Waals surface area (Å²) >= 11 is 0. The largest absolute Gasteiger partial charge is 0.228 e. The van der Waals surface area contributed by atoms with Crippen LogP contribution < -0.4 is 0 Å². The number of benzene rings is 7. The van der Waals surface area contributed by atoms with Gasteiger partial charge in [-0.1, -0.05) is 147 Å². The van der Waals surface area contributed by atoms with Crippen molar-refractivity contribution in [3.8, 4) is 44.9 Å². The van der Waals surface area contributed by atoms with Gasteiger partial charge in [0.25, 0.3) is 0 Å². The molecule has 0 atom stereocenters. The molecule has 45 heavy (non-hydrogen) atoms. The van der Waals surface area contributed by atoms with Gasteiger partial charge in [0.15, 0.2) is 5.82 Å². The molecule has 1 aromatic heterocycles. The Kier molecular flexibility index (Phi) is 5.58. The highest BCUT2D eigenvalue weighted by Crippen LogP contribution is 2.52. The molecule has 0 saturated carbocycles. The summed E-state index contributed by atoms with van der Waals surface area (Å²) in [5.74, 6) is 0.732. The summed E-state index contributed by atoms with van der Waals surface area (Å²) in [7, 11) is 0. The molecule has 7 aromatic carbocycles. The van der Waals surface area contributed by atoms with E-state index in [9.17, 15) is 0 Å². The summed E-state index contributed by atoms with van der Waals surface area (Å²) in [5.41, 5.74) is 11.9. The lowest BCUT2D eigenvalue weighted by atomic mass is 9.82. The van der Waals surface area contributed by atoms with Crippen molar-refractivity contribution in [2.24, 2.45) is 0 Å². The molecular formula is C43H30N2. The van der Waals surface area contributed by atoms with Gasteiger partial charge in [0.05, 0.1) is 11.2 Å². The maximum absolute atomic E-state index is 5.27. The summed E-state index contributed by atoms with van der Waals surface area (Å²) in [5, 5.41) is 6.01. The first-order valence-electron chi connectivity index (χ1n) is 15.6. The number of aromatic nitrogens is 2. The first kappa shape index (κ1) is 25.9. The van der Waals surface area contributed by atoms with Crippen LogP contribution in [0.5, 0.6) is 0 Å². The predicted molar refractivity (Wildman–Crippen MR) is 188 cm³/mol. The molecule has 0 N–H and O–H groups in total. The van der Waals surface area contributed by atoms with E-state index in [1.54, 1.807) is 0 Å². The van der Waals surface area contributed by atoms with Gasteiger partial charge >= 0.3 is 0 Å². The highest BCUT2D eigenvalue weighted by molar-refractivity contribution is 6.12. The van der Waals surface area contributed by atoms with Crippen LogP contribution in [0.25, 0.3) is 77.3 Å². The molecule has 2 heteroatoms. The number of fused-ring (bicyclic) bond motifs is 8. The fourth-order valence-electron chi connectivity index (χ4n) is 7.47. The van der Waals surface area contributed by atoms with Crippen LogP contribution in [-0.4, -0.2) is 9.97 Å². The van der Waals surface area contributed by atoms with Crippen molar-refractivity contribution in [1.29, 1.82) is 0 Å². The van der Waals surface area contributed by atoms with Gasteiger partial charge in [-0.15, -0.1) is 0 Å². The summed E-state index contributed by atoms with van der Waals surface area (Å²) < 4.78 is 0. The van der Waals surface area contributed by atoms with E-state index in [1.807, 2.05) is 0 Å². The second-order valence-electron chi connectivity index (χ2n) is 12.6. The van der Waals surface area contributed by atoms with E-state index in [0.717, 1.165) is 39.1 Å². The zero-order valence-corrected chi connectivity index (χ0v) is 25.3. The molecule has 8 aromatic rings. The van der Waals surface area contributed by atoms with Crippen molar-refractivity contribution in [2.45, 2.75) is 19.3 Å². The van der Waals surface area contributed by atoms with Crippen LogP contribution in [0.2, 0.25) is 0 Å². The van der Waals surface area contributed by atoms with Crippen molar-refractivity contribution in [3.63, 3.8) is 0 Å². The van der Waals surface area contributed by atoms with E-state index in [2.05, 4.69) is 159 Å². The minimum absolute atomic E-state index is 0.0226. The van der Waals surface area contributed by atoms with Crippen LogP contribution in [0.1, 0.15) is 25.0 Å². The molecule has 0 spiro atoms. The zero-order chi connectivity index (χ0) is 30.1. The first-order chi connectivity index (χ1) is 22.1. The summed E-state index contributed by atoms with van der Waals surface area (Å²) in [6.45, 7) is 4.68. The number of hydrogen-bond acceptors (Lipinski definition) is 2. The van der Waals surface area contributed by atoms with Crippen LogP contribution in [0, 0.1) is 0 Å². The highest BCUT2D eigenvalue weighted by atomic mass is 14.9. The van der Waals surface area contributed by atoms with Crippen molar-refractivity contribution in [3.05, 3.63) is 157 Å². The van der Waals surface area contributed by atoms with Crippen molar-refractivity contribution in [1.82, 2.24) is 9.97 Å². The molecule has 0 unspecified atom stereocenters. The normalized spacial score (nSPS) is 13.3. The molecule has 0 aliphatic heterocycles. The zero-order valence-electron chi connectivity index (χ0n) is 25.3. The second-order valence-corrected chi connectivity index (χ2v) is 12.6. The quantitative estimate of drug-likeness (QED) is 0.196. The van der Waals surface area contributed by atoms with Crippen LogP contribution in [-0.2, 0) is 5.41 Å². The molecule has 1 aliphatic carbocycles. The number of rotatable bonds is 3. The van der Waals surface area contributed by atoms with Gasteiger partial charge in [-0.2, -0.15) is 0 Å². The van der Waals surface area contributed by atoms with Crippen molar-refractivity contribution < 1.29 is 0 Å². The third-order valence-corrected chi connectivity index (χ3v) is 9.67. The van der Waals surface area contributed by atoms with Crippen LogP contribution in [0.3, 0.4) is 0 Å². The maximum Gasteiger partial charge on any atom is 0.160 e. The minimum Gasteiger partial charge on any atom is -0.228 e. The minimum atomic E-state index is -0.0226. The predicted octanol–water partition coefficient (Wildman–Crippen LogP) is 11.2. The van der Waals surface area contributed by atoms with Crippen LogP contribution in [0.4, 0.5) is 0 Å². The topological polar surface area (TPSA) is 25.8 Å². The number of nitrogens with zero attached hydrogens (tertiary/aromatic N) is 2. The van der Waals surface area contributed by atoms with Crippen molar-refractivity contribution >= 4 is 32.4 Å². The van der Waals surface area contributed by atoms with E-state index in [-0.39, 0.29) is 5.41 Å². The van der Waals surface area contributed by atoms with Gasteiger partial charge in [0.1, 0.15) is 0 Å². The average Bonchev–Trinajstić information content (AvgIpc) is 3.34. The highest BCUT2D eigenvalue weighted by Gasteiger charge is 2.36. The van der Waals surface area contributed by atoms with Gasteiger partial charge in [0.2, 0.25) is 0 Å². The Labute approximate surface area is 262 Å². The Balaban J connectivity index is 1.24. The molecule has 0 radical (unpaired) electrons. The Bertz CT molecular complexity index is 2450. The molecule has 212 valence electrons. The third kappa shape index (κ3) is 3.89. The molecule has 0 bridgehead atoms. The van der Waals surface area contributed by atoms with Crippen LogP contribution in [0.15, 0.2) is 146 Å². The maximum atomic E-state index is 5.27. The Morgan fingerprint density at radius 2 is 1.18 bits per heavy atom. The van der Waals surface area contributed by atoms with Gasteiger partial charge in [-0.25, -0.2) is 9.97 Å². The lowest BCUT2D eigenvalue weighted by Crippen LogP contribution is -2.14. The van der Waals surface area contributed by atoms with E-state index in [0.29, 0.717) is 0 Å². The Morgan fingerprint density at radius 3 is 2.09 bits per heavy atom. The lowest BCUT2D eigenvalue weighted by molar-refractivity contribution is 0.661. The molecular weight excluding hydrogens is 544 g/mol. The van der Waals surface area contributed by atoms with Gasteiger partial charge in [-0.05, 0) is 67.1 Å². The smallest absolute Gasteiger partial charge is 0.160 e. The monoisotopic (exact) mass is 574 g/mol. The standard InChI is InChI=1S/C43H30N2/c1-43(2)36-21-9-8-18-35(36)39-34-20-11-19-31(33(34)23-24-37(39)43)29-15-10-16-30(26-29)42-44-38-25-22-27-12-6-7-17-32(27)40(38)41(45-42)28-13-4-3-5-14-28/h3-26H,1-2H3. The molecule has 0 fully saturated rings. The van der Waals surface area contributed by atoms with E-state index in [1.165, 1.54) is 49.4 Å². The van der Waals surface area contributed by atoms with Gasteiger partial charge in [0, 0.05) is 21.9 Å². The Morgan fingerprint density at radius 1 is 0.467 bits per heavy atom. The summed E-state index contributed by atoms with van der Waals surface area (Å²) in [6.07, 6.45) is 0. The van der Waals surface area contributed by atoms with Crippen LogP contribution >= 0.6 is 0 Å². The SMILES string of the molecule is CC1(C)c2ccccc2-c2c1ccc1c(-c3cccc(-c4nc(-c5ccccc5)c5c(ccc6ccccc65)n4)c3)cccc21. The fourth-order valence-corrected chi connectivity index (χ4v) is 7.47. The lowest BCUT2D eigenvalue weighted by Gasteiger charge is -2.21. The molecule has 9 rings (SSSR count). The number of hydrogen-bond donors (Lipinski definition) is 0. The third-order valence-electron chi connectivity index (χ3n) is 9.67. The van der Waals surface area contributed by atoms with E-state index < -0.39 is 0 Å². The summed E-state index contributed by atoms with van der Waals surface area (Å²) in [6, 6.07) is 52.2. The van der Waals surface area contributed by atoms with E-state index >= 15 is 0 Å². The Hall–Kier alpha value is -5.60. The van der Waals surface area contributed by atoms with Gasteiger partial charge < -0.3 is 0 Å². The van der Waals surface area contributed by atoms with E-state index in [4.69, 9.17) is 9.97 Å². The van der Waals surface area contributed by atoms with Crippen molar-refractivity contribution in [2.75, 3.05) is 0 Å². The molecule has 1 heterocycles. The fraction of sp³-hybridized carbons (Fsp3) is 0.0698. The summed E-state index contributed by atoms with van der Waals surface area (Å²) in [4.78, 5) is 10.4.